The first-order valence-electron chi connectivity index (χ1n) is 6.66. The number of benzene rings is 1. The zero-order valence-corrected chi connectivity index (χ0v) is 11.2. The van der Waals surface area contributed by atoms with Crippen molar-refractivity contribution in [2.24, 2.45) is 11.7 Å². The Balaban J connectivity index is 1.84. The Bertz CT molecular complexity index is 561. The minimum atomic E-state index is -3.21. The van der Waals surface area contributed by atoms with Crippen molar-refractivity contribution in [2.45, 2.75) is 43.0 Å². The average Bonchev–Trinajstić information content (AvgIpc) is 3.06. The van der Waals surface area contributed by atoms with E-state index in [1.54, 1.807) is 6.07 Å². The second-order valence-corrected chi connectivity index (χ2v) is 7.60. The lowest BCUT2D eigenvalue weighted by Crippen LogP contribution is -2.31. The summed E-state index contributed by atoms with van der Waals surface area (Å²) in [5.41, 5.74) is 8.45. The zero-order chi connectivity index (χ0) is 12.8. The first kappa shape index (κ1) is 12.2. The summed E-state index contributed by atoms with van der Waals surface area (Å²) in [7, 11) is -3.21. The fraction of sp³-hybridized carbons (Fsp3) is 0.571. The Hall–Kier alpha value is -0.870. The molecule has 2 aliphatic rings. The van der Waals surface area contributed by atoms with Crippen molar-refractivity contribution in [3.05, 3.63) is 29.3 Å². The molecule has 4 heteroatoms. The topological polar surface area (TPSA) is 60.2 Å². The first-order valence-corrected chi connectivity index (χ1v) is 8.31. The van der Waals surface area contributed by atoms with Crippen LogP contribution in [0.15, 0.2) is 23.1 Å². The molecule has 2 aliphatic carbocycles. The zero-order valence-electron chi connectivity index (χ0n) is 10.4. The normalized spacial score (nSPS) is 20.7. The van der Waals surface area contributed by atoms with Crippen LogP contribution >= 0.6 is 0 Å². The van der Waals surface area contributed by atoms with E-state index in [4.69, 9.17) is 5.73 Å². The van der Waals surface area contributed by atoms with Crippen LogP contribution in [0.5, 0.6) is 0 Å². The molecule has 0 radical (unpaired) electrons. The molecular formula is C14H19NO2S. The number of nitrogens with two attached hydrogens (primary N) is 1. The van der Waals surface area contributed by atoms with E-state index in [0.29, 0.717) is 10.8 Å². The summed E-state index contributed by atoms with van der Waals surface area (Å²) >= 11 is 0. The highest BCUT2D eigenvalue weighted by Crippen LogP contribution is 2.33. The molecule has 3 rings (SSSR count). The fourth-order valence-electron chi connectivity index (χ4n) is 2.75. The number of rotatable bonds is 4. The van der Waals surface area contributed by atoms with E-state index in [1.165, 1.54) is 11.1 Å². The predicted molar refractivity (Wildman–Crippen MR) is 71.2 cm³/mol. The number of hydrogen-bond acceptors (Lipinski definition) is 3. The first-order chi connectivity index (χ1) is 8.56. The maximum absolute atomic E-state index is 12.3. The summed E-state index contributed by atoms with van der Waals surface area (Å²) < 4.78 is 24.6. The lowest BCUT2D eigenvalue weighted by atomic mass is 10.1. The SMILES string of the molecule is NC(CS(=O)(=O)c1ccc2c(c1)CCC2)C1CC1. The fourth-order valence-corrected chi connectivity index (χ4v) is 4.32. The minimum absolute atomic E-state index is 0.0937. The minimum Gasteiger partial charge on any atom is -0.327 e. The van der Waals surface area contributed by atoms with Crippen molar-refractivity contribution >= 4 is 9.84 Å². The van der Waals surface area contributed by atoms with E-state index in [2.05, 4.69) is 0 Å². The third-order valence-corrected chi connectivity index (χ3v) is 5.86. The van der Waals surface area contributed by atoms with Crippen molar-refractivity contribution in [1.82, 2.24) is 0 Å². The van der Waals surface area contributed by atoms with Crippen molar-refractivity contribution in [3.8, 4) is 0 Å². The molecule has 0 saturated heterocycles. The summed E-state index contributed by atoms with van der Waals surface area (Å²) in [5.74, 6) is 0.519. The van der Waals surface area contributed by atoms with Crippen LogP contribution in [-0.2, 0) is 22.7 Å². The van der Waals surface area contributed by atoms with Gasteiger partial charge in [-0.3, -0.25) is 0 Å². The summed E-state index contributed by atoms with van der Waals surface area (Å²) in [6.45, 7) is 0. The van der Waals surface area contributed by atoms with Gasteiger partial charge in [-0.25, -0.2) is 8.42 Å². The molecule has 0 amide bonds. The van der Waals surface area contributed by atoms with Crippen LogP contribution < -0.4 is 5.73 Å². The second kappa shape index (κ2) is 4.35. The van der Waals surface area contributed by atoms with Crippen LogP contribution in [0.2, 0.25) is 0 Å². The molecule has 1 aromatic rings. The Morgan fingerprint density at radius 2 is 1.94 bits per heavy atom. The molecule has 1 saturated carbocycles. The maximum atomic E-state index is 12.3. The third-order valence-electron chi connectivity index (χ3n) is 4.07. The highest BCUT2D eigenvalue weighted by Gasteiger charge is 2.32. The van der Waals surface area contributed by atoms with Gasteiger partial charge < -0.3 is 5.73 Å². The molecule has 0 heterocycles. The van der Waals surface area contributed by atoms with Crippen molar-refractivity contribution in [2.75, 3.05) is 5.75 Å². The van der Waals surface area contributed by atoms with Crippen LogP contribution in [0.3, 0.4) is 0 Å². The molecule has 1 aromatic carbocycles. The van der Waals surface area contributed by atoms with Gasteiger partial charge in [-0.15, -0.1) is 0 Å². The van der Waals surface area contributed by atoms with E-state index in [0.717, 1.165) is 32.1 Å². The summed E-state index contributed by atoms with van der Waals surface area (Å²) in [4.78, 5) is 0.458. The molecule has 98 valence electrons. The molecule has 0 spiro atoms. The van der Waals surface area contributed by atoms with Gasteiger partial charge in [0.25, 0.3) is 0 Å². The number of sulfone groups is 1. The molecular weight excluding hydrogens is 246 g/mol. The summed E-state index contributed by atoms with van der Waals surface area (Å²) in [6.07, 6.45) is 5.40. The lowest BCUT2D eigenvalue weighted by Gasteiger charge is -2.12. The molecule has 0 bridgehead atoms. The molecule has 1 unspecified atom stereocenters. The number of aryl methyl sites for hydroxylation is 2. The van der Waals surface area contributed by atoms with Crippen LogP contribution in [-0.4, -0.2) is 20.2 Å². The van der Waals surface area contributed by atoms with Crippen LogP contribution in [0.1, 0.15) is 30.4 Å². The number of fused-ring (bicyclic) bond motifs is 1. The van der Waals surface area contributed by atoms with Gasteiger partial charge >= 0.3 is 0 Å². The smallest absolute Gasteiger partial charge is 0.179 e. The van der Waals surface area contributed by atoms with E-state index >= 15 is 0 Å². The van der Waals surface area contributed by atoms with Crippen molar-refractivity contribution in [3.63, 3.8) is 0 Å². The lowest BCUT2D eigenvalue weighted by molar-refractivity contribution is 0.574. The second-order valence-electron chi connectivity index (χ2n) is 5.57. The maximum Gasteiger partial charge on any atom is 0.179 e. The number of hydrogen-bond donors (Lipinski definition) is 1. The molecule has 2 N–H and O–H groups in total. The van der Waals surface area contributed by atoms with Crippen molar-refractivity contribution < 1.29 is 8.42 Å². The van der Waals surface area contributed by atoms with E-state index in [-0.39, 0.29) is 11.8 Å². The third kappa shape index (κ3) is 2.31. The van der Waals surface area contributed by atoms with E-state index < -0.39 is 9.84 Å². The van der Waals surface area contributed by atoms with Gasteiger partial charge in [0.05, 0.1) is 10.6 Å². The van der Waals surface area contributed by atoms with Crippen molar-refractivity contribution in [1.29, 1.82) is 0 Å². The highest BCUT2D eigenvalue weighted by molar-refractivity contribution is 7.91. The summed E-state index contributed by atoms with van der Waals surface area (Å²) in [5, 5.41) is 0. The molecule has 1 fully saturated rings. The van der Waals surface area contributed by atoms with Gasteiger partial charge in [-0.2, -0.15) is 0 Å². The largest absolute Gasteiger partial charge is 0.327 e. The van der Waals surface area contributed by atoms with Crippen LogP contribution in [0, 0.1) is 5.92 Å². The predicted octanol–water partition coefficient (Wildman–Crippen LogP) is 1.69. The van der Waals surface area contributed by atoms with Gasteiger partial charge in [0.1, 0.15) is 0 Å². The van der Waals surface area contributed by atoms with Gasteiger partial charge in [-0.05, 0) is 61.3 Å². The van der Waals surface area contributed by atoms with Gasteiger partial charge in [0.2, 0.25) is 0 Å². The Labute approximate surface area is 108 Å². The van der Waals surface area contributed by atoms with Gasteiger partial charge in [-0.1, -0.05) is 6.07 Å². The molecule has 18 heavy (non-hydrogen) atoms. The Morgan fingerprint density at radius 1 is 1.22 bits per heavy atom. The average molecular weight is 265 g/mol. The molecule has 3 nitrogen and oxygen atoms in total. The molecule has 1 atom stereocenters. The van der Waals surface area contributed by atoms with Gasteiger partial charge in [0, 0.05) is 6.04 Å². The molecule has 0 aromatic heterocycles. The molecule has 0 aliphatic heterocycles. The van der Waals surface area contributed by atoms with Crippen LogP contribution in [0.25, 0.3) is 0 Å². The standard InChI is InChI=1S/C14H19NO2S/c15-14(11-4-5-11)9-18(16,17)13-7-6-10-2-1-3-12(10)8-13/h6-8,11,14H,1-5,9,15H2. The monoisotopic (exact) mass is 265 g/mol. The Morgan fingerprint density at radius 3 is 2.67 bits per heavy atom. The highest BCUT2D eigenvalue weighted by atomic mass is 32.2. The van der Waals surface area contributed by atoms with E-state index in [1.807, 2.05) is 12.1 Å². The Kier molecular flexibility index (Phi) is 2.94. The van der Waals surface area contributed by atoms with E-state index in [9.17, 15) is 8.42 Å². The van der Waals surface area contributed by atoms with Gasteiger partial charge in [0.15, 0.2) is 9.84 Å². The quantitative estimate of drug-likeness (QED) is 0.901. The summed E-state index contributed by atoms with van der Waals surface area (Å²) in [6, 6.07) is 5.39. The van der Waals surface area contributed by atoms with Crippen LogP contribution in [0.4, 0.5) is 0 Å².